The SMILES string of the molecule is O=C(O)Nc1c(I)c(C(=O)NCC(O)CO)c(I)c(C(=O)NCC(O)CO)c1I. The van der Waals surface area contributed by atoms with Crippen molar-refractivity contribution in [2.45, 2.75) is 12.2 Å². The highest BCUT2D eigenvalue weighted by Gasteiger charge is 2.28. The molecule has 1 rings (SSSR count). The third-order valence-electron chi connectivity index (χ3n) is 3.42. The molecule has 0 spiro atoms. The Kier molecular flexibility index (Phi) is 11.3. The van der Waals surface area contributed by atoms with Crippen LogP contribution < -0.4 is 16.0 Å². The summed E-state index contributed by atoms with van der Waals surface area (Å²) in [5, 5.41) is 52.7. The van der Waals surface area contributed by atoms with Crippen molar-refractivity contribution in [1.29, 1.82) is 0 Å². The van der Waals surface area contributed by atoms with E-state index in [0.29, 0.717) is 0 Å². The molecule has 0 fully saturated rings. The molecule has 0 heterocycles. The van der Waals surface area contributed by atoms with Gasteiger partial charge >= 0.3 is 6.09 Å². The van der Waals surface area contributed by atoms with Crippen LogP contribution in [-0.2, 0) is 0 Å². The second kappa shape index (κ2) is 12.3. The molecule has 14 heteroatoms. The summed E-state index contributed by atoms with van der Waals surface area (Å²) in [5.74, 6) is -1.36. The number of hydrogen-bond acceptors (Lipinski definition) is 7. The number of anilines is 1. The number of hydrogen-bond donors (Lipinski definition) is 8. The number of benzene rings is 1. The number of carboxylic acid groups (broad SMARTS) is 1. The van der Waals surface area contributed by atoms with E-state index in [1.54, 1.807) is 67.8 Å². The third kappa shape index (κ3) is 7.28. The molecule has 0 aliphatic carbocycles. The Balaban J connectivity index is 3.45. The first-order chi connectivity index (χ1) is 13.5. The number of carbonyl (C=O) groups excluding carboxylic acids is 2. The average Bonchev–Trinajstić information content (AvgIpc) is 2.67. The molecule has 29 heavy (non-hydrogen) atoms. The van der Waals surface area contributed by atoms with Gasteiger partial charge < -0.3 is 36.2 Å². The highest BCUT2D eigenvalue weighted by Crippen LogP contribution is 2.35. The maximum absolute atomic E-state index is 12.6. The van der Waals surface area contributed by atoms with Crippen LogP contribution in [0.1, 0.15) is 20.7 Å². The van der Waals surface area contributed by atoms with Crippen molar-refractivity contribution in [1.82, 2.24) is 10.6 Å². The number of carbonyl (C=O) groups is 3. The number of nitrogens with one attached hydrogen (secondary N) is 3. The molecule has 0 radical (unpaired) electrons. The van der Waals surface area contributed by atoms with E-state index in [4.69, 9.17) is 15.3 Å². The first kappa shape index (κ1) is 26.5. The zero-order valence-electron chi connectivity index (χ0n) is 14.6. The van der Waals surface area contributed by atoms with Crippen LogP contribution in [0.25, 0.3) is 0 Å². The normalized spacial score (nSPS) is 12.8. The van der Waals surface area contributed by atoms with Crippen molar-refractivity contribution in [2.75, 3.05) is 31.6 Å². The lowest BCUT2D eigenvalue weighted by Gasteiger charge is -2.19. The maximum atomic E-state index is 12.6. The number of aliphatic hydroxyl groups excluding tert-OH is 4. The minimum absolute atomic E-state index is 0.00774. The summed E-state index contributed by atoms with van der Waals surface area (Å²) in [6.45, 7) is -1.62. The highest BCUT2D eigenvalue weighted by molar-refractivity contribution is 14.1. The summed E-state index contributed by atoms with van der Waals surface area (Å²) >= 11 is 5.32. The van der Waals surface area contributed by atoms with Crippen LogP contribution in [0.15, 0.2) is 0 Å². The summed E-state index contributed by atoms with van der Waals surface area (Å²) < 4.78 is 0.697. The highest BCUT2D eigenvalue weighted by atomic mass is 127. The average molecular weight is 749 g/mol. The van der Waals surface area contributed by atoms with Gasteiger partial charge in [-0.05, 0) is 67.8 Å². The summed E-state index contributed by atoms with van der Waals surface area (Å²) in [7, 11) is 0. The Hall–Kier alpha value is -0.540. The zero-order valence-corrected chi connectivity index (χ0v) is 21.1. The van der Waals surface area contributed by atoms with Crippen LogP contribution in [0.2, 0.25) is 0 Å². The lowest BCUT2D eigenvalue weighted by atomic mass is 10.1. The van der Waals surface area contributed by atoms with E-state index in [1.807, 2.05) is 0 Å². The molecule has 1 aromatic carbocycles. The van der Waals surface area contributed by atoms with Crippen LogP contribution in [0, 0.1) is 10.7 Å². The first-order valence-electron chi connectivity index (χ1n) is 7.89. The van der Waals surface area contributed by atoms with E-state index >= 15 is 0 Å². The van der Waals surface area contributed by atoms with Gasteiger partial charge in [0, 0.05) is 16.7 Å². The molecular formula is C15H18I3N3O8. The van der Waals surface area contributed by atoms with Gasteiger partial charge in [-0.25, -0.2) is 4.79 Å². The Morgan fingerprint density at radius 2 is 1.17 bits per heavy atom. The molecule has 11 nitrogen and oxygen atoms in total. The van der Waals surface area contributed by atoms with E-state index in [0.717, 1.165) is 0 Å². The van der Waals surface area contributed by atoms with E-state index in [9.17, 15) is 24.6 Å². The molecule has 8 N–H and O–H groups in total. The number of aliphatic hydroxyl groups is 4. The number of amides is 3. The van der Waals surface area contributed by atoms with Gasteiger partial charge in [0.2, 0.25) is 0 Å². The van der Waals surface area contributed by atoms with Gasteiger partial charge in [-0.2, -0.15) is 0 Å². The minimum Gasteiger partial charge on any atom is -0.465 e. The molecular weight excluding hydrogens is 731 g/mol. The fraction of sp³-hybridized carbons (Fsp3) is 0.400. The summed E-state index contributed by atoms with van der Waals surface area (Å²) in [5.41, 5.74) is 0.0431. The molecule has 3 amide bonds. The fourth-order valence-corrected chi connectivity index (χ4v) is 6.42. The largest absolute Gasteiger partial charge is 0.465 e. The molecule has 0 bridgehead atoms. The molecule has 0 aliphatic heterocycles. The number of halogens is 3. The zero-order chi connectivity index (χ0) is 22.3. The van der Waals surface area contributed by atoms with E-state index in [2.05, 4.69) is 16.0 Å². The standard InChI is InChI=1S/C15H18I3N3O8/c16-9-7(13(26)19-1-5(24)3-22)10(17)12(21-15(28)29)11(18)8(9)14(27)20-2-6(25)4-23/h5-6,21-25H,1-4H2,(H,19,26)(H,20,27)(H,28,29). The Morgan fingerprint density at radius 3 is 1.48 bits per heavy atom. The molecule has 0 saturated carbocycles. The maximum Gasteiger partial charge on any atom is 0.409 e. The van der Waals surface area contributed by atoms with Crippen LogP contribution in [0.4, 0.5) is 10.5 Å². The molecule has 0 saturated heterocycles. The summed E-state index contributed by atoms with van der Waals surface area (Å²) in [6.07, 6.45) is -3.76. The minimum atomic E-state index is -1.40. The predicted octanol–water partition coefficient (Wildman–Crippen LogP) is -0.244. The van der Waals surface area contributed by atoms with Gasteiger partial charge in [-0.1, -0.05) is 0 Å². The van der Waals surface area contributed by atoms with Gasteiger partial charge in [-0.3, -0.25) is 14.9 Å². The van der Waals surface area contributed by atoms with Crippen molar-refractivity contribution < 1.29 is 39.9 Å². The van der Waals surface area contributed by atoms with Crippen molar-refractivity contribution in [3.05, 3.63) is 21.8 Å². The van der Waals surface area contributed by atoms with Gasteiger partial charge in [0.25, 0.3) is 11.8 Å². The van der Waals surface area contributed by atoms with Crippen molar-refractivity contribution in [3.8, 4) is 0 Å². The second-order valence-electron chi connectivity index (χ2n) is 5.59. The predicted molar refractivity (Wildman–Crippen MR) is 127 cm³/mol. The van der Waals surface area contributed by atoms with Gasteiger partial charge in [0.15, 0.2) is 0 Å². The Morgan fingerprint density at radius 1 is 0.793 bits per heavy atom. The third-order valence-corrected chi connectivity index (χ3v) is 6.66. The van der Waals surface area contributed by atoms with Gasteiger partial charge in [0.1, 0.15) is 0 Å². The smallest absolute Gasteiger partial charge is 0.409 e. The molecule has 0 aromatic heterocycles. The Bertz CT molecular complexity index is 740. The van der Waals surface area contributed by atoms with E-state index in [-0.39, 0.29) is 40.6 Å². The van der Waals surface area contributed by atoms with Gasteiger partial charge in [0.05, 0.1) is 49.4 Å². The summed E-state index contributed by atoms with van der Waals surface area (Å²) in [4.78, 5) is 36.5. The van der Waals surface area contributed by atoms with Crippen LogP contribution in [0.3, 0.4) is 0 Å². The Labute approximate surface area is 206 Å². The van der Waals surface area contributed by atoms with Crippen molar-refractivity contribution in [3.63, 3.8) is 0 Å². The van der Waals surface area contributed by atoms with Crippen molar-refractivity contribution in [2.24, 2.45) is 0 Å². The molecule has 2 unspecified atom stereocenters. The van der Waals surface area contributed by atoms with Gasteiger partial charge in [-0.15, -0.1) is 0 Å². The van der Waals surface area contributed by atoms with Crippen molar-refractivity contribution >= 4 is 91.4 Å². The topological polar surface area (TPSA) is 188 Å². The van der Waals surface area contributed by atoms with E-state index < -0.39 is 43.3 Å². The lowest BCUT2D eigenvalue weighted by molar-refractivity contribution is 0.0798. The molecule has 0 aliphatic rings. The molecule has 162 valence electrons. The molecule has 1 aromatic rings. The molecule has 2 atom stereocenters. The fourth-order valence-electron chi connectivity index (χ4n) is 2.01. The van der Waals surface area contributed by atoms with Crippen LogP contribution in [-0.4, -0.2) is 82.0 Å². The quantitative estimate of drug-likeness (QED) is 0.159. The lowest BCUT2D eigenvalue weighted by Crippen LogP contribution is -2.37. The van der Waals surface area contributed by atoms with E-state index in [1.165, 1.54) is 0 Å². The number of rotatable bonds is 9. The second-order valence-corrected chi connectivity index (χ2v) is 8.83. The monoisotopic (exact) mass is 749 g/mol. The van der Waals surface area contributed by atoms with Crippen LogP contribution in [0.5, 0.6) is 0 Å². The summed E-state index contributed by atoms with van der Waals surface area (Å²) in [6, 6.07) is 0. The van der Waals surface area contributed by atoms with Crippen LogP contribution >= 0.6 is 67.8 Å². The first-order valence-corrected chi connectivity index (χ1v) is 11.1.